The van der Waals surface area contributed by atoms with Gasteiger partial charge in [0.15, 0.2) is 5.65 Å². The minimum Gasteiger partial charge on any atom is -0.325 e. The molecule has 1 saturated carbocycles. The summed E-state index contributed by atoms with van der Waals surface area (Å²) in [5.41, 5.74) is 3.24. The fraction of sp³-hybridized carbons (Fsp3) is 0.333. The third-order valence-electron chi connectivity index (χ3n) is 5.13. The standard InChI is InChI=1S/C18H17N5O/c24-18-15(12-7-3-4-8-14(12)21-18)16-13-9-23(11-5-1-2-6-11)22-17(13)20-10-19-16/h3-4,7-11,15H,1-2,5-6H2,(H,21,24). The molecule has 1 amide bonds. The molecule has 1 atom stereocenters. The predicted molar refractivity (Wildman–Crippen MR) is 89.7 cm³/mol. The zero-order chi connectivity index (χ0) is 16.1. The number of carbonyl (C=O) groups is 1. The number of carbonyl (C=O) groups excluding carboxylic acids is 1. The van der Waals surface area contributed by atoms with E-state index in [2.05, 4.69) is 20.4 Å². The van der Waals surface area contributed by atoms with Crippen LogP contribution in [0.2, 0.25) is 0 Å². The molecule has 2 aromatic heterocycles. The summed E-state index contributed by atoms with van der Waals surface area (Å²) in [5.74, 6) is -0.433. The minimum atomic E-state index is -0.395. The van der Waals surface area contributed by atoms with Gasteiger partial charge in [0.1, 0.15) is 12.2 Å². The molecule has 24 heavy (non-hydrogen) atoms. The highest BCUT2D eigenvalue weighted by Gasteiger charge is 2.34. The first-order chi connectivity index (χ1) is 11.8. The maximum Gasteiger partial charge on any atom is 0.238 e. The van der Waals surface area contributed by atoms with E-state index in [0.29, 0.717) is 11.7 Å². The number of hydrogen-bond donors (Lipinski definition) is 1. The third kappa shape index (κ3) is 1.95. The molecule has 1 N–H and O–H groups in total. The molecule has 1 aromatic carbocycles. The number of para-hydroxylation sites is 1. The zero-order valence-corrected chi connectivity index (χ0v) is 13.1. The molecule has 120 valence electrons. The second-order valence-electron chi connectivity index (χ2n) is 6.55. The fourth-order valence-corrected chi connectivity index (χ4v) is 3.94. The summed E-state index contributed by atoms with van der Waals surface area (Å²) in [5, 5.41) is 8.46. The summed E-state index contributed by atoms with van der Waals surface area (Å²) in [6, 6.07) is 8.22. The van der Waals surface area contributed by atoms with Crippen LogP contribution in [0.25, 0.3) is 11.0 Å². The number of rotatable bonds is 2. The van der Waals surface area contributed by atoms with Gasteiger partial charge in [-0.05, 0) is 24.5 Å². The van der Waals surface area contributed by atoms with Gasteiger partial charge in [0.25, 0.3) is 0 Å². The molecule has 1 fully saturated rings. The van der Waals surface area contributed by atoms with Gasteiger partial charge in [-0.1, -0.05) is 31.0 Å². The fourth-order valence-electron chi connectivity index (χ4n) is 3.94. The number of fused-ring (bicyclic) bond motifs is 2. The molecular weight excluding hydrogens is 302 g/mol. The van der Waals surface area contributed by atoms with Gasteiger partial charge < -0.3 is 5.32 Å². The van der Waals surface area contributed by atoms with E-state index in [1.807, 2.05) is 35.1 Å². The van der Waals surface area contributed by atoms with Crippen LogP contribution in [0.3, 0.4) is 0 Å². The van der Waals surface area contributed by atoms with E-state index >= 15 is 0 Å². The monoisotopic (exact) mass is 319 g/mol. The lowest BCUT2D eigenvalue weighted by Crippen LogP contribution is -2.14. The lowest BCUT2D eigenvalue weighted by Gasteiger charge is -2.09. The smallest absolute Gasteiger partial charge is 0.238 e. The summed E-state index contributed by atoms with van der Waals surface area (Å²) in [7, 11) is 0. The molecule has 2 aliphatic rings. The highest BCUT2D eigenvalue weighted by Crippen LogP contribution is 2.38. The van der Waals surface area contributed by atoms with Gasteiger partial charge in [-0.2, -0.15) is 5.10 Å². The molecule has 1 aliphatic carbocycles. The van der Waals surface area contributed by atoms with Gasteiger partial charge in [0.2, 0.25) is 5.91 Å². The Morgan fingerprint density at radius 2 is 1.96 bits per heavy atom. The summed E-state index contributed by atoms with van der Waals surface area (Å²) in [6.07, 6.45) is 8.34. The summed E-state index contributed by atoms with van der Waals surface area (Å²) < 4.78 is 2.02. The van der Waals surface area contributed by atoms with Crippen molar-refractivity contribution < 1.29 is 4.79 Å². The lowest BCUT2D eigenvalue weighted by molar-refractivity contribution is -0.116. The largest absolute Gasteiger partial charge is 0.325 e. The van der Waals surface area contributed by atoms with Crippen molar-refractivity contribution >= 4 is 22.6 Å². The first-order valence-electron chi connectivity index (χ1n) is 8.41. The quantitative estimate of drug-likeness (QED) is 0.788. The molecule has 0 saturated heterocycles. The van der Waals surface area contributed by atoms with Gasteiger partial charge in [-0.15, -0.1) is 0 Å². The van der Waals surface area contributed by atoms with Gasteiger partial charge in [0, 0.05) is 11.9 Å². The Morgan fingerprint density at radius 3 is 2.83 bits per heavy atom. The molecule has 0 bridgehead atoms. The van der Waals surface area contributed by atoms with Crippen LogP contribution in [-0.4, -0.2) is 25.7 Å². The lowest BCUT2D eigenvalue weighted by atomic mass is 9.95. The number of benzene rings is 1. The molecule has 0 radical (unpaired) electrons. The van der Waals surface area contributed by atoms with E-state index in [1.165, 1.54) is 19.2 Å². The number of hydrogen-bond acceptors (Lipinski definition) is 4. The van der Waals surface area contributed by atoms with E-state index in [-0.39, 0.29) is 5.91 Å². The number of nitrogens with one attached hydrogen (secondary N) is 1. The maximum absolute atomic E-state index is 12.5. The Balaban J connectivity index is 1.66. The molecular formula is C18H17N5O. The Kier molecular flexibility index (Phi) is 2.92. The average Bonchev–Trinajstić information content (AvgIpc) is 3.31. The number of anilines is 1. The van der Waals surface area contributed by atoms with E-state index in [4.69, 9.17) is 0 Å². The Hall–Kier alpha value is -2.76. The summed E-state index contributed by atoms with van der Waals surface area (Å²) >= 11 is 0. The highest BCUT2D eigenvalue weighted by molar-refractivity contribution is 6.06. The SMILES string of the molecule is O=C1Nc2ccccc2C1c1ncnc2nn(C3CCCC3)cc12. The molecule has 0 spiro atoms. The van der Waals surface area contributed by atoms with Gasteiger partial charge in [-0.3, -0.25) is 9.48 Å². The van der Waals surface area contributed by atoms with Crippen molar-refractivity contribution in [3.05, 3.63) is 48.0 Å². The second kappa shape index (κ2) is 5.12. The molecule has 1 unspecified atom stereocenters. The van der Waals surface area contributed by atoms with E-state index < -0.39 is 5.92 Å². The van der Waals surface area contributed by atoms with Crippen LogP contribution in [-0.2, 0) is 4.79 Å². The van der Waals surface area contributed by atoms with Crippen molar-refractivity contribution in [1.29, 1.82) is 0 Å². The minimum absolute atomic E-state index is 0.0372. The number of nitrogens with zero attached hydrogens (tertiary/aromatic N) is 4. The Morgan fingerprint density at radius 1 is 1.12 bits per heavy atom. The number of amides is 1. The van der Waals surface area contributed by atoms with E-state index in [0.717, 1.165) is 35.2 Å². The highest BCUT2D eigenvalue weighted by atomic mass is 16.2. The molecule has 6 heteroatoms. The van der Waals surface area contributed by atoms with Crippen molar-refractivity contribution in [3.8, 4) is 0 Å². The Bertz CT molecular complexity index is 941. The maximum atomic E-state index is 12.5. The number of aromatic nitrogens is 4. The van der Waals surface area contributed by atoms with Crippen LogP contribution in [0.1, 0.15) is 48.9 Å². The van der Waals surface area contributed by atoms with E-state index in [9.17, 15) is 4.79 Å². The first kappa shape index (κ1) is 13.7. The van der Waals surface area contributed by atoms with Crippen LogP contribution >= 0.6 is 0 Å². The molecule has 6 nitrogen and oxygen atoms in total. The van der Waals surface area contributed by atoms with Crippen LogP contribution in [0.15, 0.2) is 36.8 Å². The molecule has 3 aromatic rings. The van der Waals surface area contributed by atoms with Crippen LogP contribution in [0, 0.1) is 0 Å². The predicted octanol–water partition coefficient (Wildman–Crippen LogP) is 3.03. The van der Waals surface area contributed by atoms with Crippen molar-refractivity contribution in [2.75, 3.05) is 5.32 Å². The topological polar surface area (TPSA) is 72.7 Å². The van der Waals surface area contributed by atoms with Crippen molar-refractivity contribution in [3.63, 3.8) is 0 Å². The first-order valence-corrected chi connectivity index (χ1v) is 8.41. The summed E-state index contributed by atoms with van der Waals surface area (Å²) in [6.45, 7) is 0. The van der Waals surface area contributed by atoms with E-state index in [1.54, 1.807) is 0 Å². The van der Waals surface area contributed by atoms with Crippen molar-refractivity contribution in [1.82, 2.24) is 19.7 Å². The third-order valence-corrected chi connectivity index (χ3v) is 5.13. The van der Waals surface area contributed by atoms with Crippen LogP contribution < -0.4 is 5.32 Å². The second-order valence-corrected chi connectivity index (χ2v) is 6.55. The average molecular weight is 319 g/mol. The molecule has 3 heterocycles. The van der Waals surface area contributed by atoms with Crippen LogP contribution in [0.4, 0.5) is 5.69 Å². The molecule has 1 aliphatic heterocycles. The molecule has 5 rings (SSSR count). The van der Waals surface area contributed by atoms with Crippen molar-refractivity contribution in [2.45, 2.75) is 37.6 Å². The van der Waals surface area contributed by atoms with Crippen LogP contribution in [0.5, 0.6) is 0 Å². The Labute approximate surface area is 138 Å². The van der Waals surface area contributed by atoms with Crippen molar-refractivity contribution in [2.24, 2.45) is 0 Å². The summed E-state index contributed by atoms with van der Waals surface area (Å²) in [4.78, 5) is 21.3. The normalized spacial score (nSPS) is 20.5. The zero-order valence-electron chi connectivity index (χ0n) is 13.1. The van der Waals surface area contributed by atoms with Gasteiger partial charge in [-0.25, -0.2) is 9.97 Å². The van der Waals surface area contributed by atoms with Gasteiger partial charge >= 0.3 is 0 Å². The van der Waals surface area contributed by atoms with Gasteiger partial charge in [0.05, 0.1) is 17.1 Å².